The van der Waals surface area contributed by atoms with Crippen molar-refractivity contribution < 1.29 is 9.59 Å². The number of primary amides is 1. The number of amides is 2. The first-order valence-electron chi connectivity index (χ1n) is 6.53. The third kappa shape index (κ3) is 5.56. The molecule has 0 saturated carbocycles. The minimum atomic E-state index is -0.430. The first kappa shape index (κ1) is 15.8. The van der Waals surface area contributed by atoms with Gasteiger partial charge in [-0.3, -0.25) is 9.59 Å². The fraction of sp³-hybridized carbons (Fsp3) is 0.333. The summed E-state index contributed by atoms with van der Waals surface area (Å²) in [4.78, 5) is 22.7. The van der Waals surface area contributed by atoms with Crippen molar-refractivity contribution in [3.63, 3.8) is 0 Å². The van der Waals surface area contributed by atoms with Gasteiger partial charge in [-0.25, -0.2) is 0 Å². The van der Waals surface area contributed by atoms with Crippen LogP contribution in [0.25, 0.3) is 0 Å². The van der Waals surface area contributed by atoms with Gasteiger partial charge in [-0.05, 0) is 26.0 Å². The van der Waals surface area contributed by atoms with Crippen molar-refractivity contribution in [1.82, 2.24) is 5.32 Å². The standard InChI is InChI=1S/C15H21N3O2/c1-11(2)7-9-17-13-6-4-3-5-12(13)15(20)18-10-8-14(16)19/h3-7,17H,8-10H2,1-2H3,(H2,16,19)(H,18,20). The van der Waals surface area contributed by atoms with Crippen molar-refractivity contribution in [2.24, 2.45) is 5.73 Å². The lowest BCUT2D eigenvalue weighted by Crippen LogP contribution is -2.28. The number of hydrogen-bond donors (Lipinski definition) is 3. The summed E-state index contributed by atoms with van der Waals surface area (Å²) in [5, 5.41) is 5.87. The van der Waals surface area contributed by atoms with Gasteiger partial charge in [0.1, 0.15) is 0 Å². The fourth-order valence-electron chi connectivity index (χ4n) is 1.59. The van der Waals surface area contributed by atoms with Gasteiger partial charge in [-0.2, -0.15) is 0 Å². The Labute approximate surface area is 119 Å². The predicted molar refractivity (Wildman–Crippen MR) is 80.5 cm³/mol. The highest BCUT2D eigenvalue weighted by Gasteiger charge is 2.09. The van der Waals surface area contributed by atoms with Crippen molar-refractivity contribution in [3.8, 4) is 0 Å². The van der Waals surface area contributed by atoms with Gasteiger partial charge in [0.15, 0.2) is 0 Å². The Balaban J connectivity index is 2.66. The Kier molecular flexibility index (Phi) is 6.29. The van der Waals surface area contributed by atoms with Gasteiger partial charge >= 0.3 is 0 Å². The van der Waals surface area contributed by atoms with Crippen molar-refractivity contribution in [1.29, 1.82) is 0 Å². The number of allylic oxidation sites excluding steroid dienone is 1. The first-order valence-corrected chi connectivity index (χ1v) is 6.53. The maximum Gasteiger partial charge on any atom is 0.253 e. The second-order valence-corrected chi connectivity index (χ2v) is 4.68. The maximum atomic E-state index is 12.0. The molecule has 2 amide bonds. The molecule has 108 valence electrons. The summed E-state index contributed by atoms with van der Waals surface area (Å²) in [5.74, 6) is -0.646. The number of benzene rings is 1. The Morgan fingerprint density at radius 2 is 1.95 bits per heavy atom. The number of nitrogens with one attached hydrogen (secondary N) is 2. The van der Waals surface area contributed by atoms with Crippen molar-refractivity contribution in [2.75, 3.05) is 18.4 Å². The third-order valence-corrected chi connectivity index (χ3v) is 2.63. The highest BCUT2D eigenvalue weighted by Crippen LogP contribution is 2.14. The van der Waals surface area contributed by atoms with E-state index in [0.29, 0.717) is 12.1 Å². The van der Waals surface area contributed by atoms with Gasteiger partial charge in [0.05, 0.1) is 5.56 Å². The largest absolute Gasteiger partial charge is 0.381 e. The molecule has 0 bridgehead atoms. The van der Waals surface area contributed by atoms with E-state index in [1.807, 2.05) is 32.1 Å². The lowest BCUT2D eigenvalue weighted by Gasteiger charge is -2.11. The van der Waals surface area contributed by atoms with E-state index in [-0.39, 0.29) is 18.9 Å². The van der Waals surface area contributed by atoms with E-state index in [1.54, 1.807) is 12.1 Å². The molecule has 0 aliphatic rings. The molecule has 0 aromatic heterocycles. The lowest BCUT2D eigenvalue weighted by molar-refractivity contribution is -0.117. The van der Waals surface area contributed by atoms with E-state index in [9.17, 15) is 9.59 Å². The van der Waals surface area contributed by atoms with Gasteiger partial charge in [0, 0.05) is 25.2 Å². The van der Waals surface area contributed by atoms with Crippen LogP contribution in [0.4, 0.5) is 5.69 Å². The first-order chi connectivity index (χ1) is 9.50. The molecule has 0 aliphatic heterocycles. The van der Waals surface area contributed by atoms with Crippen LogP contribution in [0.1, 0.15) is 30.6 Å². The van der Waals surface area contributed by atoms with Gasteiger partial charge in [0.2, 0.25) is 5.91 Å². The smallest absolute Gasteiger partial charge is 0.253 e. The Hall–Kier alpha value is -2.30. The van der Waals surface area contributed by atoms with Crippen molar-refractivity contribution in [2.45, 2.75) is 20.3 Å². The quantitative estimate of drug-likeness (QED) is 0.662. The number of carbonyl (C=O) groups excluding carboxylic acids is 2. The summed E-state index contributed by atoms with van der Waals surface area (Å²) in [7, 11) is 0. The molecule has 0 unspecified atom stereocenters. The topological polar surface area (TPSA) is 84.2 Å². The molecule has 4 N–H and O–H groups in total. The van der Waals surface area contributed by atoms with Crippen LogP contribution in [-0.2, 0) is 4.79 Å². The molecular formula is C15H21N3O2. The molecule has 1 rings (SSSR count). The van der Waals surface area contributed by atoms with E-state index >= 15 is 0 Å². The van der Waals surface area contributed by atoms with Crippen molar-refractivity contribution in [3.05, 3.63) is 41.5 Å². The van der Waals surface area contributed by atoms with Crippen LogP contribution in [0.2, 0.25) is 0 Å². The average molecular weight is 275 g/mol. The Morgan fingerprint density at radius 1 is 1.25 bits per heavy atom. The normalized spacial score (nSPS) is 9.70. The van der Waals surface area contributed by atoms with Crippen LogP contribution in [0, 0.1) is 0 Å². The van der Waals surface area contributed by atoms with Crippen LogP contribution in [0.15, 0.2) is 35.9 Å². The lowest BCUT2D eigenvalue weighted by atomic mass is 10.1. The molecular weight excluding hydrogens is 254 g/mol. The number of carbonyl (C=O) groups is 2. The maximum absolute atomic E-state index is 12.0. The molecule has 0 saturated heterocycles. The molecule has 0 spiro atoms. The van der Waals surface area contributed by atoms with E-state index in [0.717, 1.165) is 5.69 Å². The second kappa shape index (κ2) is 7.99. The van der Waals surface area contributed by atoms with Gasteiger partial charge in [-0.15, -0.1) is 0 Å². The van der Waals surface area contributed by atoms with Crippen LogP contribution >= 0.6 is 0 Å². The van der Waals surface area contributed by atoms with Gasteiger partial charge in [0.25, 0.3) is 5.91 Å². The molecule has 0 heterocycles. The highest BCUT2D eigenvalue weighted by molar-refractivity contribution is 5.99. The summed E-state index contributed by atoms with van der Waals surface area (Å²) in [6.45, 7) is 4.94. The number of nitrogens with two attached hydrogens (primary N) is 1. The SMILES string of the molecule is CC(C)=CCNc1ccccc1C(=O)NCCC(N)=O. The highest BCUT2D eigenvalue weighted by atomic mass is 16.2. The fourth-order valence-corrected chi connectivity index (χ4v) is 1.59. The summed E-state index contributed by atoms with van der Waals surface area (Å²) in [6, 6.07) is 7.26. The van der Waals surface area contributed by atoms with Crippen LogP contribution in [0.3, 0.4) is 0 Å². The molecule has 1 aromatic carbocycles. The Morgan fingerprint density at radius 3 is 2.60 bits per heavy atom. The van der Waals surface area contributed by atoms with Crippen LogP contribution < -0.4 is 16.4 Å². The molecule has 20 heavy (non-hydrogen) atoms. The number of rotatable bonds is 7. The summed E-state index contributed by atoms with van der Waals surface area (Å²) in [6.07, 6.45) is 2.18. The van der Waals surface area contributed by atoms with Crippen molar-refractivity contribution >= 4 is 17.5 Å². The van der Waals surface area contributed by atoms with E-state index in [1.165, 1.54) is 5.57 Å². The zero-order valence-corrected chi connectivity index (χ0v) is 11.9. The predicted octanol–water partition coefficient (Wildman–Crippen LogP) is 1.67. The second-order valence-electron chi connectivity index (χ2n) is 4.68. The average Bonchev–Trinajstić information content (AvgIpc) is 2.38. The molecule has 1 aromatic rings. The molecule has 0 radical (unpaired) electrons. The molecule has 5 heteroatoms. The zero-order valence-electron chi connectivity index (χ0n) is 11.9. The minimum Gasteiger partial charge on any atom is -0.381 e. The Bertz CT molecular complexity index is 506. The molecule has 5 nitrogen and oxygen atoms in total. The summed E-state index contributed by atoms with van der Waals surface area (Å²) >= 11 is 0. The van der Waals surface area contributed by atoms with E-state index in [4.69, 9.17) is 5.73 Å². The third-order valence-electron chi connectivity index (χ3n) is 2.63. The van der Waals surface area contributed by atoms with E-state index < -0.39 is 5.91 Å². The van der Waals surface area contributed by atoms with Gasteiger partial charge in [-0.1, -0.05) is 23.8 Å². The van der Waals surface area contributed by atoms with Crippen LogP contribution in [0.5, 0.6) is 0 Å². The molecule has 0 fully saturated rings. The molecule has 0 aliphatic carbocycles. The monoisotopic (exact) mass is 275 g/mol. The zero-order chi connectivity index (χ0) is 15.0. The number of hydrogen-bond acceptors (Lipinski definition) is 3. The van der Waals surface area contributed by atoms with Crippen LogP contribution in [-0.4, -0.2) is 24.9 Å². The number of para-hydroxylation sites is 1. The minimum absolute atomic E-state index is 0.138. The van der Waals surface area contributed by atoms with E-state index in [2.05, 4.69) is 10.6 Å². The number of anilines is 1. The summed E-state index contributed by atoms with van der Waals surface area (Å²) < 4.78 is 0. The van der Waals surface area contributed by atoms with Gasteiger partial charge < -0.3 is 16.4 Å². The summed E-state index contributed by atoms with van der Waals surface area (Å²) in [5.41, 5.74) is 7.56. The molecule has 0 atom stereocenters.